The van der Waals surface area contributed by atoms with Gasteiger partial charge in [-0.25, -0.2) is 4.98 Å². The first-order valence-corrected chi connectivity index (χ1v) is 8.29. The highest BCUT2D eigenvalue weighted by Crippen LogP contribution is 2.20. The van der Waals surface area contributed by atoms with Crippen LogP contribution in [0.1, 0.15) is 16.1 Å². The highest BCUT2D eigenvalue weighted by Gasteiger charge is 2.11. The molecule has 5 nitrogen and oxygen atoms in total. The number of hydrogen-bond acceptors (Lipinski definition) is 4. The quantitative estimate of drug-likeness (QED) is 0.616. The van der Waals surface area contributed by atoms with Gasteiger partial charge >= 0.3 is 0 Å². The van der Waals surface area contributed by atoms with Crippen molar-refractivity contribution < 1.29 is 4.79 Å². The summed E-state index contributed by atoms with van der Waals surface area (Å²) in [6, 6.07) is 19.0. The van der Waals surface area contributed by atoms with Crippen molar-refractivity contribution >= 4 is 16.8 Å². The molecule has 0 aliphatic carbocycles. The van der Waals surface area contributed by atoms with E-state index < -0.39 is 0 Å². The van der Waals surface area contributed by atoms with Crippen LogP contribution in [0.2, 0.25) is 0 Å². The summed E-state index contributed by atoms with van der Waals surface area (Å²) in [5, 5.41) is 3.94. The van der Waals surface area contributed by atoms with E-state index >= 15 is 0 Å². The smallest absolute Gasteiger partial charge is 0.270 e. The second-order valence-corrected chi connectivity index (χ2v) is 5.82. The van der Waals surface area contributed by atoms with Crippen LogP contribution in [0.5, 0.6) is 0 Å². The molecule has 0 atom stereocenters. The zero-order valence-electron chi connectivity index (χ0n) is 14.0. The Hall–Kier alpha value is -3.60. The van der Waals surface area contributed by atoms with E-state index in [1.807, 2.05) is 54.6 Å². The molecule has 1 amide bonds. The zero-order chi connectivity index (χ0) is 17.8. The second kappa shape index (κ2) is 7.11. The average Bonchev–Trinajstić information content (AvgIpc) is 2.72. The normalized spacial score (nSPS) is 10.6. The number of benzene rings is 1. The summed E-state index contributed by atoms with van der Waals surface area (Å²) in [7, 11) is 0. The molecule has 0 radical (unpaired) electrons. The monoisotopic (exact) mass is 340 g/mol. The first-order valence-electron chi connectivity index (χ1n) is 8.29. The van der Waals surface area contributed by atoms with Gasteiger partial charge in [0.1, 0.15) is 5.69 Å². The third-order valence-corrected chi connectivity index (χ3v) is 4.12. The maximum atomic E-state index is 12.5. The van der Waals surface area contributed by atoms with Gasteiger partial charge in [-0.3, -0.25) is 14.8 Å². The van der Waals surface area contributed by atoms with E-state index in [1.54, 1.807) is 24.7 Å². The molecule has 4 aromatic rings. The first kappa shape index (κ1) is 15.9. The molecule has 4 rings (SSSR count). The number of carbonyl (C=O) groups is 1. The summed E-state index contributed by atoms with van der Waals surface area (Å²) in [5.41, 5.74) is 3.94. The Kier molecular flexibility index (Phi) is 4.35. The van der Waals surface area contributed by atoms with E-state index in [9.17, 15) is 4.79 Å². The summed E-state index contributed by atoms with van der Waals surface area (Å²) in [5.74, 6) is -0.208. The Bertz CT molecular complexity index is 1060. The van der Waals surface area contributed by atoms with E-state index in [1.165, 1.54) is 0 Å². The highest BCUT2D eigenvalue weighted by atomic mass is 16.1. The number of rotatable bonds is 4. The first-order chi connectivity index (χ1) is 12.8. The van der Waals surface area contributed by atoms with E-state index in [0.29, 0.717) is 12.2 Å². The Balaban J connectivity index is 1.54. The summed E-state index contributed by atoms with van der Waals surface area (Å²) < 4.78 is 0. The van der Waals surface area contributed by atoms with Crippen molar-refractivity contribution in [3.8, 4) is 11.3 Å². The molecule has 126 valence electrons. The lowest BCUT2D eigenvalue weighted by Gasteiger charge is -2.10. The summed E-state index contributed by atoms with van der Waals surface area (Å²) in [6.45, 7) is 0.374. The summed E-state index contributed by atoms with van der Waals surface area (Å²) in [4.78, 5) is 25.4. The molecule has 0 fully saturated rings. The number of nitrogens with one attached hydrogen (secondary N) is 1. The fraction of sp³-hybridized carbons (Fsp3) is 0.0476. The Labute approximate surface area is 150 Å². The molecule has 0 bridgehead atoms. The molecule has 3 aromatic heterocycles. The lowest BCUT2D eigenvalue weighted by atomic mass is 10.1. The highest BCUT2D eigenvalue weighted by molar-refractivity contribution is 5.94. The number of fused-ring (bicyclic) bond motifs is 1. The van der Waals surface area contributed by atoms with Gasteiger partial charge in [-0.2, -0.15) is 0 Å². The van der Waals surface area contributed by atoms with E-state index in [0.717, 1.165) is 27.7 Å². The van der Waals surface area contributed by atoms with Crippen LogP contribution in [0.4, 0.5) is 0 Å². The maximum absolute atomic E-state index is 12.5. The Morgan fingerprint density at radius 2 is 1.73 bits per heavy atom. The zero-order valence-corrected chi connectivity index (χ0v) is 14.0. The van der Waals surface area contributed by atoms with Gasteiger partial charge in [0.25, 0.3) is 5.91 Å². The number of nitrogens with zero attached hydrogens (tertiary/aromatic N) is 3. The van der Waals surface area contributed by atoms with Crippen molar-refractivity contribution in [2.24, 2.45) is 0 Å². The minimum absolute atomic E-state index is 0.208. The van der Waals surface area contributed by atoms with Gasteiger partial charge < -0.3 is 5.32 Å². The van der Waals surface area contributed by atoms with Gasteiger partial charge in [-0.15, -0.1) is 0 Å². The lowest BCUT2D eigenvalue weighted by molar-refractivity contribution is 0.0946. The van der Waals surface area contributed by atoms with E-state index in [4.69, 9.17) is 0 Å². The van der Waals surface area contributed by atoms with Crippen LogP contribution < -0.4 is 5.32 Å². The van der Waals surface area contributed by atoms with Crippen molar-refractivity contribution in [1.29, 1.82) is 0 Å². The van der Waals surface area contributed by atoms with Gasteiger partial charge in [0.15, 0.2) is 0 Å². The van der Waals surface area contributed by atoms with Crippen LogP contribution >= 0.6 is 0 Å². The summed E-state index contributed by atoms with van der Waals surface area (Å²) in [6.07, 6.45) is 5.20. The largest absolute Gasteiger partial charge is 0.347 e. The van der Waals surface area contributed by atoms with Crippen LogP contribution in [0, 0.1) is 0 Å². The minimum Gasteiger partial charge on any atom is -0.347 e. The van der Waals surface area contributed by atoms with Crippen LogP contribution in [0.25, 0.3) is 22.2 Å². The van der Waals surface area contributed by atoms with Crippen molar-refractivity contribution in [3.05, 3.63) is 90.5 Å². The van der Waals surface area contributed by atoms with Crippen molar-refractivity contribution in [3.63, 3.8) is 0 Å². The van der Waals surface area contributed by atoms with Crippen molar-refractivity contribution in [1.82, 2.24) is 20.3 Å². The molecule has 0 saturated heterocycles. The molecule has 0 spiro atoms. The average molecular weight is 340 g/mol. The molecule has 0 saturated carbocycles. The Morgan fingerprint density at radius 1 is 0.885 bits per heavy atom. The summed E-state index contributed by atoms with van der Waals surface area (Å²) >= 11 is 0. The SMILES string of the molecule is O=C(NCc1cccnc1-c1ccncc1)c1ccc2ccccc2n1. The predicted molar refractivity (Wildman–Crippen MR) is 100 cm³/mol. The molecule has 5 heteroatoms. The van der Waals surface area contributed by atoms with Crippen LogP contribution in [-0.2, 0) is 6.54 Å². The molecule has 0 aliphatic rings. The fourth-order valence-corrected chi connectivity index (χ4v) is 2.81. The fourth-order valence-electron chi connectivity index (χ4n) is 2.81. The van der Waals surface area contributed by atoms with E-state index in [2.05, 4.69) is 20.3 Å². The molecule has 0 unspecified atom stereocenters. The molecular formula is C21H16N4O. The number of pyridine rings is 3. The lowest BCUT2D eigenvalue weighted by Crippen LogP contribution is -2.24. The molecule has 26 heavy (non-hydrogen) atoms. The number of hydrogen-bond donors (Lipinski definition) is 1. The van der Waals surface area contributed by atoms with Gasteiger partial charge in [-0.1, -0.05) is 30.3 Å². The van der Waals surface area contributed by atoms with Gasteiger partial charge in [-0.05, 0) is 35.9 Å². The van der Waals surface area contributed by atoms with Crippen LogP contribution in [-0.4, -0.2) is 20.9 Å². The third kappa shape index (κ3) is 3.28. The maximum Gasteiger partial charge on any atom is 0.270 e. The van der Waals surface area contributed by atoms with Gasteiger partial charge in [0.05, 0.1) is 11.2 Å². The molecule has 1 aromatic carbocycles. The molecular weight excluding hydrogens is 324 g/mol. The van der Waals surface area contributed by atoms with Crippen LogP contribution in [0.15, 0.2) is 79.3 Å². The topological polar surface area (TPSA) is 67.8 Å². The predicted octanol–water partition coefficient (Wildman–Crippen LogP) is 3.62. The minimum atomic E-state index is -0.208. The molecule has 0 aliphatic heterocycles. The third-order valence-electron chi connectivity index (χ3n) is 4.12. The molecule has 1 N–H and O–H groups in total. The number of para-hydroxylation sites is 1. The van der Waals surface area contributed by atoms with Gasteiger partial charge in [0, 0.05) is 36.1 Å². The number of amides is 1. The molecule has 3 heterocycles. The number of aromatic nitrogens is 3. The van der Waals surface area contributed by atoms with E-state index in [-0.39, 0.29) is 5.91 Å². The Morgan fingerprint density at radius 3 is 2.62 bits per heavy atom. The second-order valence-electron chi connectivity index (χ2n) is 5.82. The van der Waals surface area contributed by atoms with Crippen molar-refractivity contribution in [2.75, 3.05) is 0 Å². The number of carbonyl (C=O) groups excluding carboxylic acids is 1. The standard InChI is InChI=1S/C21H16N4O/c26-21(19-8-7-15-4-1-2-6-18(15)25-19)24-14-17-5-3-11-23-20(17)16-9-12-22-13-10-16/h1-13H,14H2,(H,24,26). The van der Waals surface area contributed by atoms with Crippen molar-refractivity contribution in [2.45, 2.75) is 6.54 Å². The van der Waals surface area contributed by atoms with Gasteiger partial charge in [0.2, 0.25) is 0 Å². The van der Waals surface area contributed by atoms with Crippen LogP contribution in [0.3, 0.4) is 0 Å².